The Bertz CT molecular complexity index is 1510. The summed E-state index contributed by atoms with van der Waals surface area (Å²) in [6.45, 7) is 9.99. The molecule has 0 atom stereocenters. The Labute approximate surface area is 254 Å². The zero-order valence-corrected chi connectivity index (χ0v) is 25.6. The van der Waals surface area contributed by atoms with Crippen molar-refractivity contribution >= 4 is 23.4 Å². The number of likely N-dealkylation sites (tertiary alicyclic amines) is 1. The Hall–Kier alpha value is -4.46. The number of aromatic nitrogens is 3. The number of nitrogens with one attached hydrogen (secondary N) is 2. The van der Waals surface area contributed by atoms with Gasteiger partial charge in [0.25, 0.3) is 0 Å². The van der Waals surface area contributed by atoms with E-state index in [-0.39, 0.29) is 17.4 Å². The summed E-state index contributed by atoms with van der Waals surface area (Å²) in [7, 11) is 0. The van der Waals surface area contributed by atoms with Crippen LogP contribution >= 0.6 is 0 Å². The maximum atomic E-state index is 13.0. The van der Waals surface area contributed by atoms with Crippen LogP contribution in [-0.2, 0) is 23.1 Å². The topological polar surface area (TPSA) is 92.2 Å². The SMILES string of the molecule is Cc1ccc(-n2nc(C(C)(C)C)cc2NC(=O)Nc2ccc(CC3CCN(C(=O)CCc4cccnc4)CC3)cc2)cc1. The molecule has 0 spiro atoms. The van der Waals surface area contributed by atoms with Crippen LogP contribution < -0.4 is 10.6 Å². The smallest absolute Gasteiger partial charge is 0.324 e. The number of pyridine rings is 1. The second-order valence-electron chi connectivity index (χ2n) is 12.6. The predicted molar refractivity (Wildman–Crippen MR) is 172 cm³/mol. The van der Waals surface area contributed by atoms with E-state index in [1.807, 2.05) is 72.6 Å². The maximum Gasteiger partial charge on any atom is 0.324 e. The number of amides is 3. The Balaban J connectivity index is 1.12. The molecule has 5 rings (SSSR count). The first-order valence-electron chi connectivity index (χ1n) is 15.2. The molecule has 1 aliphatic rings. The Morgan fingerprint density at radius 1 is 0.930 bits per heavy atom. The summed E-state index contributed by atoms with van der Waals surface area (Å²) >= 11 is 0. The van der Waals surface area contributed by atoms with E-state index in [4.69, 9.17) is 5.10 Å². The molecule has 0 unspecified atom stereocenters. The molecular weight excluding hydrogens is 536 g/mol. The lowest BCUT2D eigenvalue weighted by Crippen LogP contribution is -2.39. The summed E-state index contributed by atoms with van der Waals surface area (Å²) in [5.41, 5.74) is 5.85. The number of aryl methyl sites for hydroxylation is 2. The highest BCUT2D eigenvalue weighted by Gasteiger charge is 2.23. The van der Waals surface area contributed by atoms with Crippen LogP contribution in [-0.4, -0.2) is 44.7 Å². The minimum Gasteiger partial charge on any atom is -0.343 e. The standard InChI is InChI=1S/C35H42N6O2/c1-25-7-14-30(15-8-25)41-32(23-31(39-41)35(2,3)4)38-34(43)37-29-12-9-26(10-13-29)22-27-17-20-40(21-18-27)33(42)16-11-28-6-5-19-36-24-28/h5-10,12-15,19,23-24,27H,11,16-18,20-22H2,1-4H3,(H2,37,38,43). The van der Waals surface area contributed by atoms with E-state index in [0.29, 0.717) is 18.2 Å². The monoisotopic (exact) mass is 578 g/mol. The zero-order chi connectivity index (χ0) is 30.4. The minimum absolute atomic E-state index is 0.162. The second kappa shape index (κ2) is 13.2. The van der Waals surface area contributed by atoms with Crippen LogP contribution in [0.2, 0.25) is 0 Å². The summed E-state index contributed by atoms with van der Waals surface area (Å²) in [5, 5.41) is 10.7. The van der Waals surface area contributed by atoms with Crippen molar-refractivity contribution in [1.82, 2.24) is 19.7 Å². The van der Waals surface area contributed by atoms with E-state index in [2.05, 4.69) is 48.5 Å². The van der Waals surface area contributed by atoms with E-state index < -0.39 is 0 Å². The number of urea groups is 1. The highest BCUT2D eigenvalue weighted by Crippen LogP contribution is 2.27. The Morgan fingerprint density at radius 2 is 1.65 bits per heavy atom. The second-order valence-corrected chi connectivity index (χ2v) is 12.6. The van der Waals surface area contributed by atoms with E-state index >= 15 is 0 Å². The van der Waals surface area contributed by atoms with Gasteiger partial charge in [-0.15, -0.1) is 0 Å². The van der Waals surface area contributed by atoms with Gasteiger partial charge in [-0.25, -0.2) is 9.48 Å². The molecule has 0 aliphatic carbocycles. The average Bonchev–Trinajstić information content (AvgIpc) is 3.42. The fourth-order valence-electron chi connectivity index (χ4n) is 5.40. The average molecular weight is 579 g/mol. The number of hydrogen-bond acceptors (Lipinski definition) is 4. The first-order valence-corrected chi connectivity index (χ1v) is 15.2. The third-order valence-corrected chi connectivity index (χ3v) is 8.05. The van der Waals surface area contributed by atoms with Crippen LogP contribution in [0.4, 0.5) is 16.3 Å². The molecule has 1 fully saturated rings. The number of anilines is 2. The molecule has 2 aromatic heterocycles. The quantitative estimate of drug-likeness (QED) is 0.237. The highest BCUT2D eigenvalue weighted by molar-refractivity contribution is 5.99. The Kier molecular flexibility index (Phi) is 9.24. The van der Waals surface area contributed by atoms with Gasteiger partial charge in [-0.05, 0) is 80.0 Å². The van der Waals surface area contributed by atoms with Crippen molar-refractivity contribution in [1.29, 1.82) is 0 Å². The number of carbonyl (C=O) groups is 2. The lowest BCUT2D eigenvalue weighted by Gasteiger charge is -2.32. The fraction of sp³-hybridized carbons (Fsp3) is 0.371. The third-order valence-electron chi connectivity index (χ3n) is 8.05. The van der Waals surface area contributed by atoms with Crippen molar-refractivity contribution in [2.75, 3.05) is 23.7 Å². The van der Waals surface area contributed by atoms with Crippen molar-refractivity contribution in [2.45, 2.75) is 65.2 Å². The predicted octanol–water partition coefficient (Wildman–Crippen LogP) is 6.93. The van der Waals surface area contributed by atoms with Gasteiger partial charge in [0.15, 0.2) is 0 Å². The molecule has 8 nitrogen and oxygen atoms in total. The maximum absolute atomic E-state index is 13.0. The highest BCUT2D eigenvalue weighted by atomic mass is 16.2. The molecular formula is C35H42N6O2. The molecule has 224 valence electrons. The van der Waals surface area contributed by atoms with Crippen molar-refractivity contribution < 1.29 is 9.59 Å². The van der Waals surface area contributed by atoms with Crippen LogP contribution in [0, 0.1) is 12.8 Å². The molecule has 0 saturated carbocycles. The Morgan fingerprint density at radius 3 is 2.30 bits per heavy atom. The molecule has 0 radical (unpaired) electrons. The fourth-order valence-corrected chi connectivity index (χ4v) is 5.40. The van der Waals surface area contributed by atoms with Gasteiger partial charge in [0.1, 0.15) is 5.82 Å². The minimum atomic E-state index is -0.318. The van der Waals surface area contributed by atoms with Gasteiger partial charge in [0, 0.05) is 49.1 Å². The first kappa shape index (κ1) is 30.0. The largest absolute Gasteiger partial charge is 0.343 e. The molecule has 0 bridgehead atoms. The van der Waals surface area contributed by atoms with Crippen LogP contribution in [0.15, 0.2) is 79.1 Å². The van der Waals surface area contributed by atoms with Gasteiger partial charge >= 0.3 is 6.03 Å². The molecule has 2 N–H and O–H groups in total. The molecule has 43 heavy (non-hydrogen) atoms. The summed E-state index contributed by atoms with van der Waals surface area (Å²) in [5.74, 6) is 1.39. The van der Waals surface area contributed by atoms with E-state index in [9.17, 15) is 9.59 Å². The summed E-state index contributed by atoms with van der Waals surface area (Å²) in [6, 6.07) is 21.7. The summed E-state index contributed by atoms with van der Waals surface area (Å²) in [6.07, 6.45) is 7.83. The number of benzene rings is 2. The van der Waals surface area contributed by atoms with Gasteiger partial charge in [-0.1, -0.05) is 56.7 Å². The van der Waals surface area contributed by atoms with Gasteiger partial charge in [0.2, 0.25) is 5.91 Å². The normalized spacial score (nSPS) is 14.0. The molecule has 8 heteroatoms. The van der Waals surface area contributed by atoms with Gasteiger partial charge < -0.3 is 10.2 Å². The van der Waals surface area contributed by atoms with Crippen molar-refractivity contribution in [2.24, 2.45) is 5.92 Å². The molecule has 4 aromatic rings. The number of nitrogens with zero attached hydrogens (tertiary/aromatic N) is 4. The van der Waals surface area contributed by atoms with Crippen molar-refractivity contribution in [3.63, 3.8) is 0 Å². The van der Waals surface area contributed by atoms with Gasteiger partial charge in [-0.2, -0.15) is 5.10 Å². The van der Waals surface area contributed by atoms with Crippen LogP contribution in [0.25, 0.3) is 5.69 Å². The van der Waals surface area contributed by atoms with Crippen LogP contribution in [0.5, 0.6) is 0 Å². The zero-order valence-electron chi connectivity index (χ0n) is 25.6. The van der Waals surface area contributed by atoms with E-state index in [1.165, 1.54) is 5.56 Å². The van der Waals surface area contributed by atoms with E-state index in [1.54, 1.807) is 10.9 Å². The number of carbonyl (C=O) groups excluding carboxylic acids is 2. The van der Waals surface area contributed by atoms with Gasteiger partial charge in [-0.3, -0.25) is 15.1 Å². The van der Waals surface area contributed by atoms with Crippen molar-refractivity contribution in [3.05, 3.63) is 102 Å². The molecule has 3 heterocycles. The number of rotatable bonds is 8. The lowest BCUT2D eigenvalue weighted by atomic mass is 9.90. The molecule has 1 aliphatic heterocycles. The van der Waals surface area contributed by atoms with Gasteiger partial charge in [0.05, 0.1) is 11.4 Å². The lowest BCUT2D eigenvalue weighted by molar-refractivity contribution is -0.132. The number of hydrogen-bond donors (Lipinski definition) is 2. The molecule has 2 aromatic carbocycles. The summed E-state index contributed by atoms with van der Waals surface area (Å²) < 4.78 is 1.78. The van der Waals surface area contributed by atoms with E-state index in [0.717, 1.165) is 67.0 Å². The third kappa shape index (κ3) is 8.09. The van der Waals surface area contributed by atoms with Crippen LogP contribution in [0.1, 0.15) is 62.4 Å². The first-order chi connectivity index (χ1) is 20.6. The van der Waals surface area contributed by atoms with Crippen LogP contribution in [0.3, 0.4) is 0 Å². The van der Waals surface area contributed by atoms with Crippen molar-refractivity contribution in [3.8, 4) is 5.69 Å². The molecule has 1 saturated heterocycles. The molecule has 3 amide bonds. The summed E-state index contributed by atoms with van der Waals surface area (Å²) in [4.78, 5) is 31.8. The number of piperidine rings is 1.